The van der Waals surface area contributed by atoms with Gasteiger partial charge in [-0.1, -0.05) is 0 Å². The van der Waals surface area contributed by atoms with Gasteiger partial charge in [-0.05, 0) is 19.1 Å². The fourth-order valence-corrected chi connectivity index (χ4v) is 1.23. The third kappa shape index (κ3) is 3.02. The molecule has 0 amide bonds. The Hall–Kier alpha value is -1.42. The number of aryl methyl sites for hydroxylation is 1. The Morgan fingerprint density at radius 2 is 2.40 bits per heavy atom. The summed E-state index contributed by atoms with van der Waals surface area (Å²) in [6.07, 6.45) is 5.46. The summed E-state index contributed by atoms with van der Waals surface area (Å²) in [6, 6.07) is 3.82. The van der Waals surface area contributed by atoms with Gasteiger partial charge in [0.2, 0.25) is 0 Å². The highest BCUT2D eigenvalue weighted by Gasteiger charge is 1.98. The van der Waals surface area contributed by atoms with Crippen molar-refractivity contribution in [2.24, 2.45) is 0 Å². The normalized spacial score (nSPS) is 9.67. The van der Waals surface area contributed by atoms with Gasteiger partial charge in [0.05, 0.1) is 24.7 Å². The van der Waals surface area contributed by atoms with Crippen LogP contribution in [0.25, 0.3) is 0 Å². The first-order valence-electron chi connectivity index (χ1n) is 4.67. The summed E-state index contributed by atoms with van der Waals surface area (Å²) < 4.78 is 7.08. The zero-order valence-corrected chi connectivity index (χ0v) is 9.33. The van der Waals surface area contributed by atoms with Crippen LogP contribution < -0.4 is 5.32 Å². The first-order valence-corrected chi connectivity index (χ1v) is 4.67. The van der Waals surface area contributed by atoms with E-state index in [0.29, 0.717) is 6.54 Å². The average molecular weight is 228 g/mol. The van der Waals surface area contributed by atoms with Gasteiger partial charge in [0.25, 0.3) is 0 Å². The van der Waals surface area contributed by atoms with Gasteiger partial charge in [-0.15, -0.1) is 12.4 Å². The van der Waals surface area contributed by atoms with Crippen LogP contribution in [0.3, 0.4) is 0 Å². The lowest BCUT2D eigenvalue weighted by Gasteiger charge is -1.99. The molecule has 2 rings (SSSR count). The molecule has 1 N–H and O–H groups in total. The highest BCUT2D eigenvalue weighted by molar-refractivity contribution is 5.85. The molecule has 4 nitrogen and oxygen atoms in total. The molecule has 0 spiro atoms. The summed E-state index contributed by atoms with van der Waals surface area (Å²) in [5.74, 6) is 0.925. The Morgan fingerprint density at radius 1 is 1.53 bits per heavy atom. The Balaban J connectivity index is 0.00000112. The smallest absolute Gasteiger partial charge is 0.122 e. The molecule has 0 unspecified atom stereocenters. The van der Waals surface area contributed by atoms with Crippen LogP contribution in [-0.4, -0.2) is 9.78 Å². The predicted molar refractivity (Wildman–Crippen MR) is 61.2 cm³/mol. The Bertz CT molecular complexity index is 383. The van der Waals surface area contributed by atoms with Crippen molar-refractivity contribution in [1.29, 1.82) is 0 Å². The minimum absolute atomic E-state index is 0. The fourth-order valence-electron chi connectivity index (χ4n) is 1.23. The standard InChI is InChI=1S/C10H13N3O.ClH/c1-2-13-8-9(6-12-13)11-7-10-4-3-5-14-10;/h3-6,8,11H,2,7H2,1H3;1H. The van der Waals surface area contributed by atoms with Crippen LogP contribution in [0.5, 0.6) is 0 Å². The topological polar surface area (TPSA) is 43.0 Å². The van der Waals surface area contributed by atoms with E-state index in [-0.39, 0.29) is 12.4 Å². The first-order chi connectivity index (χ1) is 6.88. The van der Waals surface area contributed by atoms with E-state index in [9.17, 15) is 0 Å². The fraction of sp³-hybridized carbons (Fsp3) is 0.300. The molecule has 0 aliphatic carbocycles. The van der Waals surface area contributed by atoms with Crippen LogP contribution in [0, 0.1) is 0 Å². The van der Waals surface area contributed by atoms with Gasteiger partial charge in [0.1, 0.15) is 5.76 Å². The van der Waals surface area contributed by atoms with Crippen LogP contribution in [0.2, 0.25) is 0 Å². The molecular weight excluding hydrogens is 214 g/mol. The lowest BCUT2D eigenvalue weighted by molar-refractivity contribution is 0.518. The van der Waals surface area contributed by atoms with Crippen molar-refractivity contribution in [1.82, 2.24) is 9.78 Å². The van der Waals surface area contributed by atoms with Crippen LogP contribution in [0.15, 0.2) is 35.2 Å². The van der Waals surface area contributed by atoms with Crippen molar-refractivity contribution in [2.45, 2.75) is 20.0 Å². The second-order valence-electron chi connectivity index (χ2n) is 3.02. The molecule has 0 atom stereocenters. The number of rotatable bonds is 4. The van der Waals surface area contributed by atoms with Gasteiger partial charge >= 0.3 is 0 Å². The third-order valence-electron chi connectivity index (χ3n) is 2.00. The maximum Gasteiger partial charge on any atom is 0.122 e. The molecule has 0 aliphatic heterocycles. The van der Waals surface area contributed by atoms with Crippen molar-refractivity contribution in [2.75, 3.05) is 5.32 Å². The summed E-state index contributed by atoms with van der Waals surface area (Å²) >= 11 is 0. The highest BCUT2D eigenvalue weighted by atomic mass is 35.5. The zero-order chi connectivity index (χ0) is 9.80. The molecule has 0 bridgehead atoms. The number of furan rings is 1. The van der Waals surface area contributed by atoms with Gasteiger partial charge in [-0.2, -0.15) is 5.10 Å². The van der Waals surface area contributed by atoms with Gasteiger partial charge in [-0.25, -0.2) is 0 Å². The van der Waals surface area contributed by atoms with Crippen LogP contribution in [0.1, 0.15) is 12.7 Å². The minimum Gasteiger partial charge on any atom is -0.467 e. The number of nitrogens with one attached hydrogen (secondary N) is 1. The van der Waals surface area contributed by atoms with Crippen LogP contribution >= 0.6 is 12.4 Å². The van der Waals surface area contributed by atoms with E-state index in [4.69, 9.17) is 4.42 Å². The molecule has 0 radical (unpaired) electrons. The van der Waals surface area contributed by atoms with E-state index in [1.807, 2.05) is 29.2 Å². The number of anilines is 1. The van der Waals surface area contributed by atoms with Crippen molar-refractivity contribution in [3.63, 3.8) is 0 Å². The average Bonchev–Trinajstić information content (AvgIpc) is 2.86. The molecule has 0 aromatic carbocycles. The van der Waals surface area contributed by atoms with Crippen LogP contribution in [-0.2, 0) is 13.1 Å². The second kappa shape index (κ2) is 5.46. The Morgan fingerprint density at radius 3 is 3.00 bits per heavy atom. The van der Waals surface area contributed by atoms with Crippen molar-refractivity contribution >= 4 is 18.1 Å². The predicted octanol–water partition coefficient (Wildman–Crippen LogP) is 2.53. The number of aromatic nitrogens is 2. The lowest BCUT2D eigenvalue weighted by atomic mass is 10.4. The Labute approximate surface area is 94.7 Å². The van der Waals surface area contributed by atoms with Crippen LogP contribution in [0.4, 0.5) is 5.69 Å². The van der Waals surface area contributed by atoms with E-state index >= 15 is 0 Å². The lowest BCUT2D eigenvalue weighted by Crippen LogP contribution is -1.97. The molecule has 2 aromatic heterocycles. The van der Waals surface area contributed by atoms with Crippen molar-refractivity contribution in [3.8, 4) is 0 Å². The maximum absolute atomic E-state index is 5.20. The number of hydrogen-bond acceptors (Lipinski definition) is 3. The van der Waals surface area contributed by atoms with Gasteiger partial charge in [0, 0.05) is 12.7 Å². The molecule has 0 fully saturated rings. The molecule has 0 saturated heterocycles. The molecular formula is C10H14ClN3O. The molecule has 15 heavy (non-hydrogen) atoms. The molecule has 0 saturated carbocycles. The molecule has 5 heteroatoms. The van der Waals surface area contributed by atoms with Gasteiger partial charge < -0.3 is 9.73 Å². The van der Waals surface area contributed by atoms with Crippen molar-refractivity contribution < 1.29 is 4.42 Å². The van der Waals surface area contributed by atoms with E-state index in [1.54, 1.807) is 6.26 Å². The summed E-state index contributed by atoms with van der Waals surface area (Å²) in [5, 5.41) is 7.38. The SMILES string of the molecule is CCn1cc(NCc2ccco2)cn1.Cl. The molecule has 82 valence electrons. The molecule has 2 heterocycles. The maximum atomic E-state index is 5.20. The van der Waals surface area contributed by atoms with Gasteiger partial charge in [0.15, 0.2) is 0 Å². The molecule has 0 aliphatic rings. The van der Waals surface area contributed by atoms with E-state index < -0.39 is 0 Å². The van der Waals surface area contributed by atoms with Gasteiger partial charge in [-0.3, -0.25) is 4.68 Å². The summed E-state index contributed by atoms with van der Waals surface area (Å²) in [7, 11) is 0. The minimum atomic E-state index is 0. The zero-order valence-electron chi connectivity index (χ0n) is 8.51. The largest absolute Gasteiger partial charge is 0.467 e. The monoisotopic (exact) mass is 227 g/mol. The number of hydrogen-bond donors (Lipinski definition) is 1. The second-order valence-corrected chi connectivity index (χ2v) is 3.02. The highest BCUT2D eigenvalue weighted by Crippen LogP contribution is 2.08. The van der Waals surface area contributed by atoms with E-state index in [1.165, 1.54) is 0 Å². The third-order valence-corrected chi connectivity index (χ3v) is 2.00. The van der Waals surface area contributed by atoms with E-state index in [2.05, 4.69) is 17.3 Å². The number of nitrogens with zero attached hydrogens (tertiary/aromatic N) is 2. The summed E-state index contributed by atoms with van der Waals surface area (Å²) in [6.45, 7) is 3.65. The van der Waals surface area contributed by atoms with Crippen molar-refractivity contribution in [3.05, 3.63) is 36.5 Å². The number of halogens is 1. The first kappa shape index (κ1) is 11.7. The summed E-state index contributed by atoms with van der Waals surface area (Å²) in [5.41, 5.74) is 1.02. The Kier molecular flexibility index (Phi) is 4.24. The quantitative estimate of drug-likeness (QED) is 0.873. The summed E-state index contributed by atoms with van der Waals surface area (Å²) in [4.78, 5) is 0. The van der Waals surface area contributed by atoms with E-state index in [0.717, 1.165) is 18.0 Å². The molecule has 2 aromatic rings.